The Morgan fingerprint density at radius 3 is 2.81 bits per heavy atom. The van der Waals surface area contributed by atoms with E-state index in [1.165, 1.54) is 15.6 Å². The van der Waals surface area contributed by atoms with Crippen molar-refractivity contribution in [1.82, 2.24) is 9.62 Å². The highest BCUT2D eigenvalue weighted by molar-refractivity contribution is 7.91. The van der Waals surface area contributed by atoms with E-state index < -0.39 is 10.0 Å². The summed E-state index contributed by atoms with van der Waals surface area (Å²) in [6.07, 6.45) is 1.98. The minimum Gasteiger partial charge on any atom is -0.316 e. The van der Waals surface area contributed by atoms with E-state index in [1.807, 2.05) is 12.4 Å². The lowest BCUT2D eigenvalue weighted by Crippen LogP contribution is -2.28. The molecule has 1 fully saturated rings. The average Bonchev–Trinajstić information content (AvgIpc) is 2.98. The van der Waals surface area contributed by atoms with Gasteiger partial charge in [0.25, 0.3) is 10.0 Å². The van der Waals surface area contributed by atoms with Crippen molar-refractivity contribution >= 4 is 21.4 Å². The fourth-order valence-electron chi connectivity index (χ4n) is 1.56. The maximum Gasteiger partial charge on any atom is 0.252 e. The number of thiophene rings is 1. The van der Waals surface area contributed by atoms with E-state index >= 15 is 0 Å². The van der Waals surface area contributed by atoms with Crippen LogP contribution in [0.5, 0.6) is 0 Å². The smallest absolute Gasteiger partial charge is 0.252 e. The molecule has 0 spiro atoms. The van der Waals surface area contributed by atoms with Gasteiger partial charge in [0.1, 0.15) is 4.21 Å². The van der Waals surface area contributed by atoms with Gasteiger partial charge < -0.3 is 5.32 Å². The van der Waals surface area contributed by atoms with Gasteiger partial charge in [-0.3, -0.25) is 0 Å². The summed E-state index contributed by atoms with van der Waals surface area (Å²) in [6.45, 7) is 0.708. The Morgan fingerprint density at radius 1 is 1.56 bits per heavy atom. The lowest BCUT2D eigenvalue weighted by Gasteiger charge is -2.14. The maximum atomic E-state index is 12.1. The molecule has 0 radical (unpaired) electrons. The maximum absolute atomic E-state index is 12.1. The third-order valence-electron chi connectivity index (χ3n) is 2.71. The van der Waals surface area contributed by atoms with E-state index in [0.29, 0.717) is 10.8 Å². The van der Waals surface area contributed by atoms with Crippen LogP contribution < -0.4 is 5.32 Å². The van der Waals surface area contributed by atoms with E-state index in [9.17, 15) is 8.42 Å². The molecule has 0 aromatic carbocycles. The van der Waals surface area contributed by atoms with Crippen LogP contribution in [0.25, 0.3) is 0 Å². The van der Waals surface area contributed by atoms with Gasteiger partial charge in [-0.2, -0.15) is 4.31 Å². The first kappa shape index (κ1) is 12.0. The van der Waals surface area contributed by atoms with Crippen molar-refractivity contribution in [2.75, 3.05) is 14.1 Å². The van der Waals surface area contributed by atoms with Crippen LogP contribution in [0.1, 0.15) is 18.4 Å². The third kappa shape index (κ3) is 2.29. The summed E-state index contributed by atoms with van der Waals surface area (Å²) >= 11 is 1.30. The molecule has 0 bridgehead atoms. The van der Waals surface area contributed by atoms with Crippen LogP contribution >= 0.6 is 11.3 Å². The first-order valence-electron chi connectivity index (χ1n) is 5.25. The van der Waals surface area contributed by atoms with Crippen LogP contribution in [0, 0.1) is 0 Å². The van der Waals surface area contributed by atoms with Gasteiger partial charge in [0.15, 0.2) is 0 Å². The molecule has 1 saturated carbocycles. The zero-order valence-electron chi connectivity index (χ0n) is 9.43. The largest absolute Gasteiger partial charge is 0.316 e. The van der Waals surface area contributed by atoms with Crippen LogP contribution in [-0.4, -0.2) is 32.9 Å². The van der Waals surface area contributed by atoms with Crippen molar-refractivity contribution in [3.8, 4) is 0 Å². The molecule has 0 unspecified atom stereocenters. The fourth-order valence-corrected chi connectivity index (χ4v) is 4.37. The molecule has 1 N–H and O–H groups in total. The molecule has 1 aromatic heterocycles. The van der Waals surface area contributed by atoms with Gasteiger partial charge in [0.2, 0.25) is 0 Å². The topological polar surface area (TPSA) is 49.4 Å². The first-order chi connectivity index (χ1) is 7.55. The predicted octanol–water partition coefficient (Wildman–Crippen LogP) is 1.25. The summed E-state index contributed by atoms with van der Waals surface area (Å²) in [5, 5.41) is 4.90. The number of sulfonamides is 1. The van der Waals surface area contributed by atoms with Gasteiger partial charge >= 0.3 is 0 Å². The molecule has 16 heavy (non-hydrogen) atoms. The lowest BCUT2D eigenvalue weighted by atomic mass is 10.3. The number of hydrogen-bond donors (Lipinski definition) is 1. The second-order valence-corrected chi connectivity index (χ2v) is 7.19. The van der Waals surface area contributed by atoms with Crippen LogP contribution in [0.3, 0.4) is 0 Å². The van der Waals surface area contributed by atoms with Crippen LogP contribution in [-0.2, 0) is 16.6 Å². The molecule has 1 aliphatic rings. The second kappa shape index (κ2) is 4.44. The highest BCUT2D eigenvalue weighted by atomic mass is 32.2. The molecule has 0 atom stereocenters. The number of hydrogen-bond acceptors (Lipinski definition) is 4. The van der Waals surface area contributed by atoms with Crippen molar-refractivity contribution in [2.45, 2.75) is 29.6 Å². The molecular weight excluding hydrogens is 244 g/mol. The fraction of sp³-hybridized carbons (Fsp3) is 0.600. The predicted molar refractivity (Wildman–Crippen MR) is 65.1 cm³/mol. The van der Waals surface area contributed by atoms with E-state index in [2.05, 4.69) is 5.32 Å². The van der Waals surface area contributed by atoms with Gasteiger partial charge in [-0.25, -0.2) is 8.42 Å². The van der Waals surface area contributed by atoms with Crippen molar-refractivity contribution in [3.63, 3.8) is 0 Å². The van der Waals surface area contributed by atoms with E-state index in [4.69, 9.17) is 0 Å². The monoisotopic (exact) mass is 260 g/mol. The molecule has 0 amide bonds. The Hall–Kier alpha value is -0.430. The third-order valence-corrected chi connectivity index (χ3v) is 6.08. The van der Waals surface area contributed by atoms with Crippen LogP contribution in [0.2, 0.25) is 0 Å². The van der Waals surface area contributed by atoms with E-state index in [0.717, 1.165) is 18.4 Å². The van der Waals surface area contributed by atoms with Crippen LogP contribution in [0.4, 0.5) is 0 Å². The van der Waals surface area contributed by atoms with Gasteiger partial charge in [0, 0.05) is 19.6 Å². The van der Waals surface area contributed by atoms with Crippen LogP contribution in [0.15, 0.2) is 15.7 Å². The van der Waals surface area contributed by atoms with Crippen molar-refractivity contribution < 1.29 is 8.42 Å². The van der Waals surface area contributed by atoms with Crippen molar-refractivity contribution in [2.24, 2.45) is 0 Å². The Bertz CT molecular complexity index is 463. The van der Waals surface area contributed by atoms with Crippen molar-refractivity contribution in [3.05, 3.63) is 17.0 Å². The summed E-state index contributed by atoms with van der Waals surface area (Å²) < 4.78 is 26.2. The second-order valence-electron chi connectivity index (χ2n) is 4.06. The Balaban J connectivity index is 2.21. The SMILES string of the molecule is CNCc1csc(S(=O)(=O)N(C)C2CC2)c1. The van der Waals surface area contributed by atoms with Gasteiger partial charge in [-0.15, -0.1) is 11.3 Å². The normalized spacial score (nSPS) is 16.9. The first-order valence-corrected chi connectivity index (χ1v) is 7.57. The Kier molecular flexibility index (Phi) is 3.34. The van der Waals surface area contributed by atoms with Gasteiger partial charge in [-0.05, 0) is 36.9 Å². The minimum absolute atomic E-state index is 0.222. The zero-order chi connectivity index (χ0) is 11.8. The zero-order valence-corrected chi connectivity index (χ0v) is 11.1. The highest BCUT2D eigenvalue weighted by Crippen LogP contribution is 2.32. The summed E-state index contributed by atoms with van der Waals surface area (Å²) in [5.41, 5.74) is 1.02. The molecular formula is C10H16N2O2S2. The molecule has 6 heteroatoms. The standard InChI is InChI=1S/C10H16N2O2S2/c1-11-6-8-5-10(15-7-8)16(13,14)12(2)9-3-4-9/h5,7,9,11H,3-4,6H2,1-2H3. The number of rotatable bonds is 5. The molecule has 1 aliphatic carbocycles. The molecule has 2 rings (SSSR count). The number of nitrogens with zero attached hydrogens (tertiary/aromatic N) is 1. The summed E-state index contributed by atoms with van der Waals surface area (Å²) in [6, 6.07) is 1.98. The van der Waals surface area contributed by atoms with Gasteiger partial charge in [-0.1, -0.05) is 0 Å². The molecule has 90 valence electrons. The molecule has 0 aliphatic heterocycles. The van der Waals surface area contributed by atoms with Gasteiger partial charge in [0.05, 0.1) is 0 Å². The lowest BCUT2D eigenvalue weighted by molar-refractivity contribution is 0.466. The van der Waals surface area contributed by atoms with Crippen molar-refractivity contribution in [1.29, 1.82) is 0 Å². The Labute approximate surface area is 100 Å². The molecule has 0 saturated heterocycles. The summed E-state index contributed by atoms with van der Waals surface area (Å²) in [5.74, 6) is 0. The summed E-state index contributed by atoms with van der Waals surface area (Å²) in [4.78, 5) is 0. The quantitative estimate of drug-likeness (QED) is 0.867. The summed E-state index contributed by atoms with van der Waals surface area (Å²) in [7, 11) is 0.271. The highest BCUT2D eigenvalue weighted by Gasteiger charge is 2.35. The van der Waals surface area contributed by atoms with E-state index in [1.54, 1.807) is 13.1 Å². The minimum atomic E-state index is -3.25. The number of nitrogens with one attached hydrogen (secondary N) is 1. The van der Waals surface area contributed by atoms with E-state index in [-0.39, 0.29) is 6.04 Å². The molecule has 1 aromatic rings. The average molecular weight is 260 g/mol. The Morgan fingerprint density at radius 2 is 2.25 bits per heavy atom. The molecule has 1 heterocycles. The molecule has 4 nitrogen and oxygen atoms in total.